The molecule has 2 saturated carbocycles. The van der Waals surface area contributed by atoms with Crippen LogP contribution in [0.1, 0.15) is 128 Å². The minimum absolute atomic E-state index is 0.0348. The Morgan fingerprint density at radius 3 is 2.01 bits per heavy atom. The van der Waals surface area contributed by atoms with Crippen LogP contribution >= 0.6 is 0 Å². The van der Waals surface area contributed by atoms with Crippen molar-refractivity contribution in [3.05, 3.63) is 123 Å². The molecule has 79 heavy (non-hydrogen) atoms. The third-order valence-electron chi connectivity index (χ3n) is 18.2. The molecule has 7 rings (SSSR count). The van der Waals surface area contributed by atoms with Gasteiger partial charge in [-0.2, -0.15) is 0 Å². The number of ether oxygens (including phenoxy) is 5. The van der Waals surface area contributed by atoms with Crippen LogP contribution in [0.4, 0.5) is 5.69 Å². The van der Waals surface area contributed by atoms with Gasteiger partial charge in [0.05, 0.1) is 41.3 Å². The smallest absolute Gasteiger partial charge is 0.338 e. The molecule has 0 aromatic heterocycles. The van der Waals surface area contributed by atoms with E-state index < -0.39 is 134 Å². The van der Waals surface area contributed by atoms with Gasteiger partial charge in [0.15, 0.2) is 40.2 Å². The van der Waals surface area contributed by atoms with Crippen LogP contribution in [0.5, 0.6) is 0 Å². The van der Waals surface area contributed by atoms with Crippen molar-refractivity contribution in [1.29, 1.82) is 0 Å². The molecule has 426 valence electrons. The van der Waals surface area contributed by atoms with E-state index in [9.17, 15) is 25.0 Å². The molecular weight excluding hydrogens is 1040 g/mol. The number of nitrogens with one attached hydrogen (secondary N) is 1. The number of carbonyl (C=O) groups excluding carboxylic acids is 6. The van der Waals surface area contributed by atoms with Crippen LogP contribution in [0.25, 0.3) is 10.4 Å². The Labute approximate surface area is 465 Å². The summed E-state index contributed by atoms with van der Waals surface area (Å²) < 4.78 is 47.0. The Kier molecular flexibility index (Phi) is 17.6. The van der Waals surface area contributed by atoms with Crippen LogP contribution in [0.2, 0.25) is 36.3 Å². The van der Waals surface area contributed by atoms with Crippen molar-refractivity contribution < 1.29 is 66.4 Å². The highest BCUT2D eigenvalue weighted by Crippen LogP contribution is 2.65. The number of esters is 4. The molecule has 2 N–H and O–H groups in total. The number of nitrogens with zero attached hydrogens (tertiary/aromatic N) is 3. The quantitative estimate of drug-likeness (QED) is 0.0229. The number of carbonyl (C=O) groups is 6. The first-order valence-electron chi connectivity index (χ1n) is 27.3. The molecular formula is C59H78N4O14Si2. The fourth-order valence-corrected chi connectivity index (χ4v) is 16.6. The first-order valence-corrected chi connectivity index (χ1v) is 32.7. The van der Waals surface area contributed by atoms with Gasteiger partial charge in [-0.15, -0.1) is 0 Å². The van der Waals surface area contributed by atoms with Crippen LogP contribution < -0.4 is 5.32 Å². The number of hydrogen-bond donors (Lipinski definition) is 2. The summed E-state index contributed by atoms with van der Waals surface area (Å²) in [5.74, 6) is -6.31. The van der Waals surface area contributed by atoms with Crippen molar-refractivity contribution in [2.75, 3.05) is 6.61 Å². The van der Waals surface area contributed by atoms with Crippen molar-refractivity contribution in [3.8, 4) is 0 Å². The summed E-state index contributed by atoms with van der Waals surface area (Å²) in [6.07, 6.45) is -9.15. The Balaban J connectivity index is 1.51. The number of Topliss-reactive ketones (excluding diaryl/α,β-unsaturated/α-hetero) is 1. The lowest BCUT2D eigenvalue weighted by molar-refractivity contribution is -0.344. The number of aliphatic hydroxyl groups is 1. The Morgan fingerprint density at radius 2 is 1.47 bits per heavy atom. The zero-order valence-electron chi connectivity index (χ0n) is 48.0. The van der Waals surface area contributed by atoms with E-state index in [1.807, 2.05) is 54.6 Å². The molecule has 1 heterocycles. The summed E-state index contributed by atoms with van der Waals surface area (Å²) in [7, 11) is -5.70. The largest absolute Gasteiger partial charge is 0.456 e. The molecule has 1 saturated heterocycles. The molecule has 20 heteroatoms. The standard InChI is InChI=1S/C59H78N4O14Si2/c1-15-79(16-2,17-3)76-43-32-44-58(34-71-44,75-37(6)65)49-51(74-53(68)40-30-24-25-31-41(40)62-63-60)59(70)33-42(35(4)45(56(59,10)11)47(72-36(5)64)50(66)57(43,49)12)73-54(69)48(77-78(13,14)55(7,8)9)46(38-26-20-18-21-27-38)61-52(67)39-28-22-19-23-29-39/h18-31,42-44,46-49,51,70H,15-17,32-34H2,1-14H3,(H,61,67)/t42-,43-,44+,46-,47+,48+,49-,51-,57+,58-,59+/m0/s1. The maximum absolute atomic E-state index is 16.7. The van der Waals surface area contributed by atoms with E-state index in [0.717, 1.165) is 6.92 Å². The molecule has 1 aliphatic heterocycles. The molecule has 0 unspecified atom stereocenters. The van der Waals surface area contributed by atoms with Crippen molar-refractivity contribution >= 4 is 57.9 Å². The summed E-state index contributed by atoms with van der Waals surface area (Å²) in [6, 6.07) is 24.1. The maximum atomic E-state index is 16.7. The van der Waals surface area contributed by atoms with Gasteiger partial charge in [0.1, 0.15) is 23.9 Å². The van der Waals surface area contributed by atoms with E-state index in [2.05, 4.69) is 15.3 Å². The van der Waals surface area contributed by atoms with E-state index in [0.29, 0.717) is 29.3 Å². The number of hydrogen-bond acceptors (Lipinski definition) is 15. The van der Waals surface area contributed by atoms with Crippen molar-refractivity contribution in [2.24, 2.45) is 21.9 Å². The fourth-order valence-electron chi connectivity index (χ4n) is 12.4. The number of fused-ring (bicyclic) bond motifs is 5. The summed E-state index contributed by atoms with van der Waals surface area (Å²) >= 11 is 0. The zero-order chi connectivity index (χ0) is 58.3. The average molecular weight is 1120 g/mol. The minimum atomic E-state index is -2.98. The third-order valence-corrected chi connectivity index (χ3v) is 27.4. The van der Waals surface area contributed by atoms with Crippen LogP contribution in [0.3, 0.4) is 0 Å². The molecule has 3 aromatic rings. The van der Waals surface area contributed by atoms with Crippen LogP contribution in [0, 0.1) is 16.7 Å². The SMILES string of the molecule is CC[Si](CC)(CC)O[C@H]1C[C@H]2OC[C@@]2(OC(C)=O)[C@H]2[C@H](OC(=O)c3ccccc3N=[N+]=[N-])[C@]3(O)C[C@H](OC(=O)[C@H](O[Si](C)(C)C(C)(C)C)[C@@H](NC(=O)c4ccccc4)c4ccccc4)C(C)=C([C@@H](OC(C)=O)C(=O)[C@]12C)C3(C)C. The summed E-state index contributed by atoms with van der Waals surface area (Å²) in [5, 5.41) is 20.9. The van der Waals surface area contributed by atoms with Crippen LogP contribution in [-0.2, 0) is 51.7 Å². The molecule has 11 atom stereocenters. The first kappa shape index (κ1) is 60.6. The average Bonchev–Trinajstić information content (AvgIpc) is 3.55. The highest BCUT2D eigenvalue weighted by atomic mass is 28.4. The van der Waals surface area contributed by atoms with Gasteiger partial charge in [-0.3, -0.25) is 19.2 Å². The Morgan fingerprint density at radius 1 is 0.873 bits per heavy atom. The lowest BCUT2D eigenvalue weighted by Gasteiger charge is -2.68. The predicted octanol–water partition coefficient (Wildman–Crippen LogP) is 10.7. The van der Waals surface area contributed by atoms with E-state index in [1.165, 1.54) is 19.1 Å². The van der Waals surface area contributed by atoms with Gasteiger partial charge in [-0.05, 0) is 90.6 Å². The summed E-state index contributed by atoms with van der Waals surface area (Å²) in [4.78, 5) is 92.1. The lowest BCUT2D eigenvalue weighted by atomic mass is 9.44. The van der Waals surface area contributed by atoms with Crippen molar-refractivity contribution in [3.63, 3.8) is 0 Å². The maximum Gasteiger partial charge on any atom is 0.338 e. The molecule has 0 radical (unpaired) electrons. The van der Waals surface area contributed by atoms with Crippen molar-refractivity contribution in [1.82, 2.24) is 5.32 Å². The Hall–Kier alpha value is -6.00. The molecule has 18 nitrogen and oxygen atoms in total. The minimum Gasteiger partial charge on any atom is -0.456 e. The molecule has 2 bridgehead atoms. The zero-order valence-corrected chi connectivity index (χ0v) is 50.0. The van der Waals surface area contributed by atoms with Crippen LogP contribution in [-0.4, -0.2) is 112 Å². The molecule has 3 aromatic carbocycles. The van der Waals surface area contributed by atoms with Crippen LogP contribution in [0.15, 0.2) is 101 Å². The molecule has 3 fully saturated rings. The van der Waals surface area contributed by atoms with Gasteiger partial charge in [0.25, 0.3) is 5.91 Å². The van der Waals surface area contributed by atoms with Gasteiger partial charge < -0.3 is 43.0 Å². The molecule has 4 aliphatic rings. The second-order valence-electron chi connectivity index (χ2n) is 23.9. The molecule has 1 amide bonds. The first-order chi connectivity index (χ1) is 37.0. The second kappa shape index (κ2) is 22.9. The van der Waals surface area contributed by atoms with Gasteiger partial charge in [0.2, 0.25) is 0 Å². The van der Waals surface area contributed by atoms with E-state index in [1.54, 1.807) is 100 Å². The highest BCUT2D eigenvalue weighted by Gasteiger charge is 2.79. The third kappa shape index (κ3) is 11.0. The number of amides is 1. The molecule has 3 aliphatic carbocycles. The predicted molar refractivity (Wildman–Crippen MR) is 299 cm³/mol. The summed E-state index contributed by atoms with van der Waals surface area (Å²) in [5.41, 5.74) is 2.66. The number of rotatable bonds is 18. The summed E-state index contributed by atoms with van der Waals surface area (Å²) in [6.45, 7) is 24.7. The number of ketones is 1. The highest BCUT2D eigenvalue weighted by molar-refractivity contribution is 6.74. The normalized spacial score (nSPS) is 28.1. The number of azide groups is 1. The fraction of sp³-hybridized carbons (Fsp3) is 0.559. The van der Waals surface area contributed by atoms with Gasteiger partial charge >= 0.3 is 23.9 Å². The van der Waals surface area contributed by atoms with Gasteiger partial charge in [-0.1, -0.05) is 127 Å². The van der Waals surface area contributed by atoms with E-state index in [-0.39, 0.29) is 35.4 Å². The monoisotopic (exact) mass is 1120 g/mol. The number of benzene rings is 3. The topological polar surface area (TPSA) is 248 Å². The molecule has 0 spiro atoms. The lowest BCUT2D eigenvalue weighted by Crippen LogP contribution is -2.82. The second-order valence-corrected chi connectivity index (χ2v) is 33.4. The Bertz CT molecular complexity index is 2890. The van der Waals surface area contributed by atoms with E-state index in [4.69, 9.17) is 32.5 Å². The van der Waals surface area contributed by atoms with Gasteiger partial charge in [-0.25, -0.2) is 9.59 Å². The van der Waals surface area contributed by atoms with Crippen molar-refractivity contribution in [2.45, 2.75) is 186 Å². The van der Waals surface area contributed by atoms with E-state index >= 15 is 14.4 Å². The van der Waals surface area contributed by atoms with Gasteiger partial charge in [0, 0.05) is 42.6 Å².